The number of ether oxygens (including phenoxy) is 1. The predicted molar refractivity (Wildman–Crippen MR) is 74.0 cm³/mol. The maximum atomic E-state index is 12.4. The molecule has 20 heavy (non-hydrogen) atoms. The fourth-order valence-electron chi connectivity index (χ4n) is 2.22. The van der Waals surface area contributed by atoms with Gasteiger partial charge in [-0.25, -0.2) is 0 Å². The molecular formula is C13H15ClN2O4. The highest BCUT2D eigenvalue weighted by Gasteiger charge is 2.25. The molecule has 0 bridgehead atoms. The summed E-state index contributed by atoms with van der Waals surface area (Å²) in [6, 6.07) is 4.00. The Morgan fingerprint density at radius 1 is 1.45 bits per heavy atom. The molecule has 6 nitrogen and oxygen atoms in total. The van der Waals surface area contributed by atoms with Crippen molar-refractivity contribution in [3.63, 3.8) is 0 Å². The van der Waals surface area contributed by atoms with Crippen LogP contribution < -0.4 is 0 Å². The molecule has 0 N–H and O–H groups in total. The monoisotopic (exact) mass is 298 g/mol. The molecule has 0 aromatic heterocycles. The van der Waals surface area contributed by atoms with E-state index in [0.29, 0.717) is 13.2 Å². The van der Waals surface area contributed by atoms with Crippen LogP contribution in [0, 0.1) is 10.1 Å². The van der Waals surface area contributed by atoms with Gasteiger partial charge in [0.15, 0.2) is 0 Å². The third-order valence-corrected chi connectivity index (χ3v) is 3.77. The molecule has 0 saturated carbocycles. The molecule has 0 unspecified atom stereocenters. The van der Waals surface area contributed by atoms with Gasteiger partial charge in [0.05, 0.1) is 15.5 Å². The van der Waals surface area contributed by atoms with Gasteiger partial charge in [0.2, 0.25) is 0 Å². The normalized spacial score (nSPS) is 15.9. The van der Waals surface area contributed by atoms with Gasteiger partial charge in [-0.2, -0.15) is 0 Å². The summed E-state index contributed by atoms with van der Waals surface area (Å²) in [6.07, 6.45) is 1.57. The first-order valence-electron chi connectivity index (χ1n) is 6.29. The summed E-state index contributed by atoms with van der Waals surface area (Å²) >= 11 is 5.97. The van der Waals surface area contributed by atoms with E-state index in [9.17, 15) is 14.9 Å². The maximum absolute atomic E-state index is 12.4. The van der Waals surface area contributed by atoms with Crippen molar-refractivity contribution in [1.29, 1.82) is 0 Å². The van der Waals surface area contributed by atoms with Crippen LogP contribution in [-0.4, -0.2) is 42.0 Å². The molecule has 1 aromatic carbocycles. The molecule has 0 aliphatic carbocycles. The molecule has 1 amide bonds. The molecule has 0 radical (unpaired) electrons. The van der Waals surface area contributed by atoms with E-state index in [-0.39, 0.29) is 28.2 Å². The Hall–Kier alpha value is -1.66. The Labute approximate surface area is 121 Å². The number of carbonyl (C=O) groups is 1. The van der Waals surface area contributed by atoms with Gasteiger partial charge < -0.3 is 9.64 Å². The van der Waals surface area contributed by atoms with E-state index in [2.05, 4.69) is 0 Å². The summed E-state index contributed by atoms with van der Waals surface area (Å²) in [6.45, 7) is 1.27. The summed E-state index contributed by atoms with van der Waals surface area (Å²) < 4.78 is 5.26. The first kappa shape index (κ1) is 14.7. The zero-order chi connectivity index (χ0) is 14.7. The van der Waals surface area contributed by atoms with Gasteiger partial charge in [-0.3, -0.25) is 14.9 Å². The number of hydrogen-bond acceptors (Lipinski definition) is 4. The summed E-state index contributed by atoms with van der Waals surface area (Å²) in [5, 5.41) is 10.8. The topological polar surface area (TPSA) is 72.7 Å². The minimum atomic E-state index is -0.539. The number of non-ortho nitro benzene ring substituents is 1. The molecule has 0 spiro atoms. The second-order valence-electron chi connectivity index (χ2n) is 4.68. The molecule has 0 atom stereocenters. The van der Waals surface area contributed by atoms with Gasteiger partial charge in [-0.05, 0) is 18.9 Å². The third kappa shape index (κ3) is 3.08. The molecule has 7 heteroatoms. The molecule has 1 saturated heterocycles. The number of nitro groups is 1. The standard InChI is InChI=1S/C13H15ClN2O4/c1-15(9-4-6-20-7-5-9)13(17)11-3-2-10(16(18)19)8-12(11)14/h2-3,8-9H,4-7H2,1H3. The Kier molecular flexibility index (Phi) is 4.57. The number of nitro benzene ring substituents is 1. The second-order valence-corrected chi connectivity index (χ2v) is 5.09. The van der Waals surface area contributed by atoms with Crippen molar-refractivity contribution in [2.75, 3.05) is 20.3 Å². The number of benzene rings is 1. The number of amides is 1. The van der Waals surface area contributed by atoms with Crippen LogP contribution in [0.2, 0.25) is 5.02 Å². The lowest BCUT2D eigenvalue weighted by Gasteiger charge is -2.31. The number of nitrogens with zero attached hydrogens (tertiary/aromatic N) is 2. The molecular weight excluding hydrogens is 284 g/mol. The quantitative estimate of drug-likeness (QED) is 0.635. The number of hydrogen-bond donors (Lipinski definition) is 0. The van der Waals surface area contributed by atoms with Crippen LogP contribution in [0.3, 0.4) is 0 Å². The van der Waals surface area contributed by atoms with Gasteiger partial charge in [0.1, 0.15) is 0 Å². The highest BCUT2D eigenvalue weighted by Crippen LogP contribution is 2.25. The molecule has 1 fully saturated rings. The lowest BCUT2D eigenvalue weighted by molar-refractivity contribution is -0.384. The van der Waals surface area contributed by atoms with Crippen molar-refractivity contribution in [1.82, 2.24) is 4.90 Å². The first-order chi connectivity index (χ1) is 9.50. The summed E-state index contributed by atoms with van der Waals surface area (Å²) in [7, 11) is 1.72. The molecule has 1 heterocycles. The van der Waals surface area contributed by atoms with Gasteiger partial charge >= 0.3 is 0 Å². The van der Waals surface area contributed by atoms with Crippen LogP contribution in [0.1, 0.15) is 23.2 Å². The van der Waals surface area contributed by atoms with Crippen molar-refractivity contribution in [2.24, 2.45) is 0 Å². The average molecular weight is 299 g/mol. The van der Waals surface area contributed by atoms with Crippen LogP contribution in [0.4, 0.5) is 5.69 Å². The van der Waals surface area contributed by atoms with E-state index in [1.54, 1.807) is 11.9 Å². The number of carbonyl (C=O) groups excluding carboxylic acids is 1. The summed E-state index contributed by atoms with van der Waals surface area (Å²) in [4.78, 5) is 24.1. The minimum Gasteiger partial charge on any atom is -0.381 e. The van der Waals surface area contributed by atoms with Crippen molar-refractivity contribution >= 4 is 23.2 Å². The maximum Gasteiger partial charge on any atom is 0.270 e. The Balaban J connectivity index is 2.17. The van der Waals surface area contributed by atoms with Crippen LogP contribution in [0.25, 0.3) is 0 Å². The van der Waals surface area contributed by atoms with Crippen LogP contribution >= 0.6 is 11.6 Å². The van der Waals surface area contributed by atoms with E-state index in [1.807, 2.05) is 0 Å². The molecule has 1 aliphatic rings. The van der Waals surface area contributed by atoms with E-state index in [1.165, 1.54) is 18.2 Å². The summed E-state index contributed by atoms with van der Waals surface area (Å²) in [5.41, 5.74) is 0.159. The fourth-order valence-corrected chi connectivity index (χ4v) is 2.47. The molecule has 2 rings (SSSR count). The van der Waals surface area contributed by atoms with Crippen molar-refractivity contribution in [2.45, 2.75) is 18.9 Å². The Morgan fingerprint density at radius 2 is 2.10 bits per heavy atom. The van der Waals surface area contributed by atoms with E-state index in [0.717, 1.165) is 12.8 Å². The van der Waals surface area contributed by atoms with Crippen LogP contribution in [-0.2, 0) is 4.74 Å². The minimum absolute atomic E-state index is 0.100. The SMILES string of the molecule is CN(C(=O)c1ccc([N+](=O)[O-])cc1Cl)C1CCOCC1. The highest BCUT2D eigenvalue weighted by molar-refractivity contribution is 6.34. The van der Waals surface area contributed by atoms with Gasteiger partial charge in [-0.1, -0.05) is 11.6 Å². The smallest absolute Gasteiger partial charge is 0.270 e. The zero-order valence-corrected chi connectivity index (χ0v) is 11.8. The molecule has 108 valence electrons. The predicted octanol–water partition coefficient (Wildman–Crippen LogP) is 2.50. The first-order valence-corrected chi connectivity index (χ1v) is 6.67. The largest absolute Gasteiger partial charge is 0.381 e. The number of halogens is 1. The fraction of sp³-hybridized carbons (Fsp3) is 0.462. The second kappa shape index (κ2) is 6.19. The van der Waals surface area contributed by atoms with Crippen molar-refractivity contribution in [3.05, 3.63) is 38.9 Å². The molecule has 1 aliphatic heterocycles. The van der Waals surface area contributed by atoms with Crippen molar-refractivity contribution < 1.29 is 14.5 Å². The Morgan fingerprint density at radius 3 is 2.65 bits per heavy atom. The van der Waals surface area contributed by atoms with Crippen LogP contribution in [0.15, 0.2) is 18.2 Å². The van der Waals surface area contributed by atoms with Crippen molar-refractivity contribution in [3.8, 4) is 0 Å². The van der Waals surface area contributed by atoms with E-state index in [4.69, 9.17) is 16.3 Å². The zero-order valence-electron chi connectivity index (χ0n) is 11.0. The van der Waals surface area contributed by atoms with Gasteiger partial charge in [0, 0.05) is 38.4 Å². The Bertz CT molecular complexity index is 529. The molecule has 1 aromatic rings. The van der Waals surface area contributed by atoms with E-state index < -0.39 is 4.92 Å². The number of rotatable bonds is 3. The average Bonchev–Trinajstić information content (AvgIpc) is 2.46. The lowest BCUT2D eigenvalue weighted by Crippen LogP contribution is -2.40. The van der Waals surface area contributed by atoms with E-state index >= 15 is 0 Å². The third-order valence-electron chi connectivity index (χ3n) is 3.45. The highest BCUT2D eigenvalue weighted by atomic mass is 35.5. The van der Waals surface area contributed by atoms with Gasteiger partial charge in [0.25, 0.3) is 11.6 Å². The lowest BCUT2D eigenvalue weighted by atomic mass is 10.1. The van der Waals surface area contributed by atoms with Gasteiger partial charge in [-0.15, -0.1) is 0 Å². The summed E-state index contributed by atoms with van der Waals surface area (Å²) in [5.74, 6) is -0.225. The van der Waals surface area contributed by atoms with Crippen LogP contribution in [0.5, 0.6) is 0 Å².